The molecule has 0 heterocycles. The molecule has 1 atom stereocenters. The molecule has 0 aromatic carbocycles. The van der Waals surface area contributed by atoms with E-state index in [9.17, 15) is 14.4 Å². The molecule has 0 radical (unpaired) electrons. The molecule has 1 unspecified atom stereocenters. The van der Waals surface area contributed by atoms with Crippen molar-refractivity contribution in [1.29, 1.82) is 0 Å². The normalized spacial score (nSPS) is 12.5. The second-order valence-corrected chi connectivity index (χ2v) is 19.2. The summed E-state index contributed by atoms with van der Waals surface area (Å²) in [6.07, 6.45) is 69.3. The molecule has 6 nitrogen and oxygen atoms in total. The SMILES string of the molecule is CCCCCCCC/C=C\C/C=C\C/C=C\CCCC(=O)OC(COC(=O)CCCCC/C=C\CCCCCCCC)COC(=O)CCCCCCCCC/C=C\CCCCCCCCCC. The fraction of sp³-hybridized carbons (Fsp3) is 0.787. The van der Waals surface area contributed by atoms with Crippen LogP contribution >= 0.6 is 0 Å². The number of hydrogen-bond acceptors (Lipinski definition) is 6. The Morgan fingerprint density at radius 1 is 0.299 bits per heavy atom. The Kier molecular flexibility index (Phi) is 53.3. The maximum atomic E-state index is 12.8. The van der Waals surface area contributed by atoms with Crippen LogP contribution in [0.25, 0.3) is 0 Å². The predicted octanol–water partition coefficient (Wildman–Crippen LogP) is 19.2. The van der Waals surface area contributed by atoms with Crippen molar-refractivity contribution in [3.63, 3.8) is 0 Å². The number of carbonyl (C=O) groups is 3. The number of rotatable bonds is 52. The zero-order valence-electron chi connectivity index (χ0n) is 44.4. The van der Waals surface area contributed by atoms with Gasteiger partial charge in [0.05, 0.1) is 0 Å². The van der Waals surface area contributed by atoms with Gasteiger partial charge in [0.25, 0.3) is 0 Å². The van der Waals surface area contributed by atoms with Gasteiger partial charge < -0.3 is 14.2 Å². The fourth-order valence-electron chi connectivity index (χ4n) is 8.10. The second-order valence-electron chi connectivity index (χ2n) is 19.2. The van der Waals surface area contributed by atoms with Crippen LogP contribution in [0.3, 0.4) is 0 Å². The van der Waals surface area contributed by atoms with E-state index in [1.165, 1.54) is 173 Å². The van der Waals surface area contributed by atoms with Crippen molar-refractivity contribution >= 4 is 17.9 Å². The molecule has 0 aliphatic heterocycles. The average molecular weight is 938 g/mol. The third-order valence-electron chi connectivity index (χ3n) is 12.5. The van der Waals surface area contributed by atoms with Gasteiger partial charge in [0.1, 0.15) is 13.2 Å². The Bertz CT molecular complexity index is 1210. The van der Waals surface area contributed by atoms with Gasteiger partial charge in [-0.3, -0.25) is 14.4 Å². The van der Waals surface area contributed by atoms with E-state index in [2.05, 4.69) is 81.5 Å². The van der Waals surface area contributed by atoms with E-state index in [0.29, 0.717) is 19.3 Å². The number of unbranched alkanes of at least 4 members (excludes halogenated alkanes) is 31. The molecule has 0 amide bonds. The fourth-order valence-corrected chi connectivity index (χ4v) is 8.10. The summed E-state index contributed by atoms with van der Waals surface area (Å²) < 4.78 is 16.8. The summed E-state index contributed by atoms with van der Waals surface area (Å²) in [4.78, 5) is 38.1. The summed E-state index contributed by atoms with van der Waals surface area (Å²) in [5.74, 6) is -0.965. The molecule has 6 heteroatoms. The summed E-state index contributed by atoms with van der Waals surface area (Å²) in [6, 6.07) is 0. The Morgan fingerprint density at radius 3 is 0.910 bits per heavy atom. The first-order valence-corrected chi connectivity index (χ1v) is 28.8. The average Bonchev–Trinajstić information content (AvgIpc) is 3.33. The van der Waals surface area contributed by atoms with Gasteiger partial charge in [-0.25, -0.2) is 0 Å². The lowest BCUT2D eigenvalue weighted by Crippen LogP contribution is -2.30. The van der Waals surface area contributed by atoms with E-state index in [1.54, 1.807) is 0 Å². The largest absolute Gasteiger partial charge is 0.462 e. The van der Waals surface area contributed by atoms with Gasteiger partial charge >= 0.3 is 17.9 Å². The Hall–Kier alpha value is -2.89. The van der Waals surface area contributed by atoms with Crippen molar-refractivity contribution < 1.29 is 28.6 Å². The molecule has 0 saturated carbocycles. The molecule has 67 heavy (non-hydrogen) atoms. The first-order chi connectivity index (χ1) is 33.0. The molecule has 0 spiro atoms. The highest BCUT2D eigenvalue weighted by Crippen LogP contribution is 2.14. The quantitative estimate of drug-likeness (QED) is 0.0262. The zero-order valence-corrected chi connectivity index (χ0v) is 44.4. The van der Waals surface area contributed by atoms with Crippen LogP contribution in [0.1, 0.15) is 290 Å². The van der Waals surface area contributed by atoms with Gasteiger partial charge in [0.2, 0.25) is 0 Å². The van der Waals surface area contributed by atoms with Gasteiger partial charge in [-0.2, -0.15) is 0 Å². The Morgan fingerprint density at radius 2 is 0.552 bits per heavy atom. The maximum Gasteiger partial charge on any atom is 0.306 e. The lowest BCUT2D eigenvalue weighted by Gasteiger charge is -2.18. The molecule has 0 N–H and O–H groups in total. The van der Waals surface area contributed by atoms with E-state index in [1.807, 2.05) is 0 Å². The molecule has 0 aliphatic carbocycles. The summed E-state index contributed by atoms with van der Waals surface area (Å²) >= 11 is 0. The van der Waals surface area contributed by atoms with Crippen LogP contribution in [0.4, 0.5) is 0 Å². The van der Waals surface area contributed by atoms with E-state index in [-0.39, 0.29) is 37.5 Å². The van der Waals surface area contributed by atoms with Crippen LogP contribution in [0.15, 0.2) is 60.8 Å². The Balaban J connectivity index is 4.44. The monoisotopic (exact) mass is 937 g/mol. The molecule has 388 valence electrons. The van der Waals surface area contributed by atoms with Gasteiger partial charge in [-0.15, -0.1) is 0 Å². The highest BCUT2D eigenvalue weighted by atomic mass is 16.6. The molecule has 0 saturated heterocycles. The standard InChI is InChI=1S/C61H108O6/c1-4-7-10-13-16-19-22-25-27-29-30-32-33-36-39-42-45-48-51-54-60(63)66-57-58(56-65-59(62)53-50-47-44-41-38-35-24-21-18-15-12-9-6-3)67-61(64)55-52-49-46-43-40-37-34-31-28-26-23-20-17-14-11-8-5-2/h26,28-30,34-35,37-38,43,46,58H,4-25,27,31-33,36,39-42,44-45,47-57H2,1-3H3/b28-26-,30-29-,37-34-,38-35-,46-43-. The van der Waals surface area contributed by atoms with E-state index < -0.39 is 6.10 Å². The highest BCUT2D eigenvalue weighted by molar-refractivity contribution is 5.71. The minimum Gasteiger partial charge on any atom is -0.462 e. The lowest BCUT2D eigenvalue weighted by molar-refractivity contribution is -0.167. The van der Waals surface area contributed by atoms with Crippen molar-refractivity contribution in [3.8, 4) is 0 Å². The van der Waals surface area contributed by atoms with Gasteiger partial charge in [-0.1, -0.05) is 229 Å². The van der Waals surface area contributed by atoms with Crippen LogP contribution in [-0.4, -0.2) is 37.2 Å². The molecule has 0 aromatic rings. The predicted molar refractivity (Wildman–Crippen MR) is 288 cm³/mol. The highest BCUT2D eigenvalue weighted by Gasteiger charge is 2.19. The number of esters is 3. The molecule has 0 fully saturated rings. The molecule has 0 bridgehead atoms. The Labute approximate surface area is 415 Å². The third-order valence-corrected chi connectivity index (χ3v) is 12.5. The molecule has 0 aromatic heterocycles. The van der Waals surface area contributed by atoms with Crippen molar-refractivity contribution in [3.05, 3.63) is 60.8 Å². The van der Waals surface area contributed by atoms with Gasteiger partial charge in [0, 0.05) is 19.3 Å². The second kappa shape index (κ2) is 55.7. The van der Waals surface area contributed by atoms with Crippen LogP contribution in [-0.2, 0) is 28.6 Å². The van der Waals surface area contributed by atoms with Crippen LogP contribution in [0, 0.1) is 0 Å². The minimum absolute atomic E-state index is 0.100. The zero-order chi connectivity index (χ0) is 48.6. The smallest absolute Gasteiger partial charge is 0.306 e. The summed E-state index contributed by atoms with van der Waals surface area (Å²) in [5.41, 5.74) is 0. The summed E-state index contributed by atoms with van der Waals surface area (Å²) in [7, 11) is 0. The van der Waals surface area contributed by atoms with Crippen LogP contribution < -0.4 is 0 Å². The molecule has 0 aliphatic rings. The summed E-state index contributed by atoms with van der Waals surface area (Å²) in [5, 5.41) is 0. The van der Waals surface area contributed by atoms with E-state index in [0.717, 1.165) is 70.6 Å². The molecule has 0 rings (SSSR count). The van der Waals surface area contributed by atoms with E-state index >= 15 is 0 Å². The van der Waals surface area contributed by atoms with Crippen molar-refractivity contribution in [2.45, 2.75) is 297 Å². The van der Waals surface area contributed by atoms with Crippen molar-refractivity contribution in [1.82, 2.24) is 0 Å². The van der Waals surface area contributed by atoms with Crippen molar-refractivity contribution in [2.24, 2.45) is 0 Å². The first-order valence-electron chi connectivity index (χ1n) is 28.8. The molecular formula is C61H108O6. The number of hydrogen-bond donors (Lipinski definition) is 0. The van der Waals surface area contributed by atoms with Crippen molar-refractivity contribution in [2.75, 3.05) is 13.2 Å². The number of ether oxygens (including phenoxy) is 3. The van der Waals surface area contributed by atoms with Gasteiger partial charge in [-0.05, 0) is 103 Å². The lowest BCUT2D eigenvalue weighted by atomic mass is 10.1. The third kappa shape index (κ3) is 53.9. The summed E-state index contributed by atoms with van der Waals surface area (Å²) in [6.45, 7) is 6.59. The number of carbonyl (C=O) groups excluding carboxylic acids is 3. The number of allylic oxidation sites excluding steroid dienone is 10. The topological polar surface area (TPSA) is 78.9 Å². The molecular weight excluding hydrogens is 829 g/mol. The van der Waals surface area contributed by atoms with Gasteiger partial charge in [0.15, 0.2) is 6.10 Å². The van der Waals surface area contributed by atoms with Crippen LogP contribution in [0.5, 0.6) is 0 Å². The maximum absolute atomic E-state index is 12.8. The van der Waals surface area contributed by atoms with Crippen LogP contribution in [0.2, 0.25) is 0 Å². The van der Waals surface area contributed by atoms with E-state index in [4.69, 9.17) is 14.2 Å². The minimum atomic E-state index is -0.808. The first kappa shape index (κ1) is 64.1.